The standard InChI is InChI=1S/C27H27Cl2N3O3S/c1-34-25-15-20(27(36)32-13-11-31(12-14-32)17-19-5-3-2-4-6-19)7-10-24(25)35-18-26(33)30-23-9-8-21(28)16-22(23)29/h2-10,15-16H,11-14,17-18H2,1H3,(H,30,33). The number of anilines is 1. The van der Waals surface area contributed by atoms with Gasteiger partial charge in [-0.05, 0) is 42.0 Å². The smallest absolute Gasteiger partial charge is 0.262 e. The minimum atomic E-state index is -0.353. The summed E-state index contributed by atoms with van der Waals surface area (Å²) in [6, 6.07) is 20.9. The number of methoxy groups -OCH3 is 1. The van der Waals surface area contributed by atoms with Crippen LogP contribution in [0.4, 0.5) is 5.69 Å². The molecule has 0 unspecified atom stereocenters. The molecule has 3 aromatic rings. The Labute approximate surface area is 226 Å². The summed E-state index contributed by atoms with van der Waals surface area (Å²) in [5, 5.41) is 3.56. The Balaban J connectivity index is 1.31. The summed E-state index contributed by atoms with van der Waals surface area (Å²) in [7, 11) is 1.56. The molecule has 4 rings (SSSR count). The van der Waals surface area contributed by atoms with Gasteiger partial charge in [-0.3, -0.25) is 9.69 Å². The normalized spacial score (nSPS) is 13.8. The quantitative estimate of drug-likeness (QED) is 0.378. The van der Waals surface area contributed by atoms with Gasteiger partial charge in [-0.25, -0.2) is 0 Å². The predicted molar refractivity (Wildman–Crippen MR) is 149 cm³/mol. The summed E-state index contributed by atoms with van der Waals surface area (Å²) in [6.07, 6.45) is 0. The average molecular weight is 545 g/mol. The number of nitrogens with one attached hydrogen (secondary N) is 1. The molecule has 3 aromatic carbocycles. The lowest BCUT2D eigenvalue weighted by Gasteiger charge is -2.36. The summed E-state index contributed by atoms with van der Waals surface area (Å²) in [5.41, 5.74) is 2.66. The van der Waals surface area contributed by atoms with Crippen molar-refractivity contribution in [3.63, 3.8) is 0 Å². The van der Waals surface area contributed by atoms with Crippen LogP contribution < -0.4 is 14.8 Å². The Bertz CT molecular complexity index is 1220. The fourth-order valence-electron chi connectivity index (χ4n) is 3.97. The number of hydrogen-bond donors (Lipinski definition) is 1. The second-order valence-electron chi connectivity index (χ2n) is 8.38. The number of benzene rings is 3. The number of thiocarbonyl (C=S) groups is 1. The lowest BCUT2D eigenvalue weighted by molar-refractivity contribution is -0.118. The molecule has 0 aromatic heterocycles. The summed E-state index contributed by atoms with van der Waals surface area (Å²) in [6.45, 7) is 4.35. The maximum atomic E-state index is 12.3. The Morgan fingerprint density at radius 1 is 0.972 bits per heavy atom. The molecule has 1 aliphatic heterocycles. The molecule has 1 heterocycles. The molecule has 1 saturated heterocycles. The van der Waals surface area contributed by atoms with Crippen LogP contribution in [0.5, 0.6) is 11.5 Å². The van der Waals surface area contributed by atoms with E-state index < -0.39 is 0 Å². The highest BCUT2D eigenvalue weighted by Gasteiger charge is 2.21. The van der Waals surface area contributed by atoms with Gasteiger partial charge in [-0.1, -0.05) is 65.8 Å². The van der Waals surface area contributed by atoms with E-state index in [1.54, 1.807) is 31.4 Å². The molecule has 0 saturated carbocycles. The molecule has 0 aliphatic carbocycles. The minimum absolute atomic E-state index is 0.206. The van der Waals surface area contributed by atoms with Crippen molar-refractivity contribution in [3.05, 3.63) is 87.9 Å². The first-order valence-corrected chi connectivity index (χ1v) is 12.7. The van der Waals surface area contributed by atoms with Crippen molar-refractivity contribution < 1.29 is 14.3 Å². The van der Waals surface area contributed by atoms with Gasteiger partial charge in [-0.15, -0.1) is 0 Å². The van der Waals surface area contributed by atoms with E-state index >= 15 is 0 Å². The van der Waals surface area contributed by atoms with Gasteiger partial charge in [0.2, 0.25) is 0 Å². The Hall–Kier alpha value is -2.84. The molecule has 188 valence electrons. The van der Waals surface area contributed by atoms with E-state index in [4.69, 9.17) is 44.9 Å². The Morgan fingerprint density at radius 2 is 1.72 bits per heavy atom. The van der Waals surface area contributed by atoms with E-state index in [0.717, 1.165) is 43.3 Å². The van der Waals surface area contributed by atoms with Gasteiger partial charge in [0.05, 0.1) is 17.8 Å². The van der Waals surface area contributed by atoms with Crippen LogP contribution >= 0.6 is 35.4 Å². The molecule has 1 aliphatic rings. The molecule has 6 nitrogen and oxygen atoms in total. The van der Waals surface area contributed by atoms with Crippen molar-refractivity contribution in [2.45, 2.75) is 6.54 Å². The largest absolute Gasteiger partial charge is 0.493 e. The molecule has 0 bridgehead atoms. The average Bonchev–Trinajstić information content (AvgIpc) is 2.89. The van der Waals surface area contributed by atoms with Crippen LogP contribution in [0.15, 0.2) is 66.7 Å². The number of carbonyl (C=O) groups excluding carboxylic acids is 1. The van der Waals surface area contributed by atoms with E-state index in [1.165, 1.54) is 5.56 Å². The van der Waals surface area contributed by atoms with Gasteiger partial charge >= 0.3 is 0 Å². The maximum Gasteiger partial charge on any atom is 0.262 e. The number of halogens is 2. The van der Waals surface area contributed by atoms with Crippen LogP contribution in [0.2, 0.25) is 10.0 Å². The second-order valence-corrected chi connectivity index (χ2v) is 9.61. The number of nitrogens with zero attached hydrogens (tertiary/aromatic N) is 2. The van der Waals surface area contributed by atoms with E-state index in [1.807, 2.05) is 18.2 Å². The molecule has 36 heavy (non-hydrogen) atoms. The molecular formula is C27H27Cl2N3O3S. The van der Waals surface area contributed by atoms with Crippen LogP contribution in [0, 0.1) is 0 Å². The first kappa shape index (κ1) is 26.2. The van der Waals surface area contributed by atoms with Gasteiger partial charge in [-0.2, -0.15) is 0 Å². The highest BCUT2D eigenvalue weighted by atomic mass is 35.5. The first-order chi connectivity index (χ1) is 17.4. The zero-order valence-corrected chi connectivity index (χ0v) is 22.2. The summed E-state index contributed by atoms with van der Waals surface area (Å²) in [5.74, 6) is 0.609. The molecule has 9 heteroatoms. The van der Waals surface area contributed by atoms with Crippen molar-refractivity contribution >= 4 is 52.0 Å². The van der Waals surface area contributed by atoms with Crippen molar-refractivity contribution in [3.8, 4) is 11.5 Å². The number of piperazine rings is 1. The summed E-state index contributed by atoms with van der Waals surface area (Å²) in [4.78, 5) is 17.8. The predicted octanol–water partition coefficient (Wildman–Crippen LogP) is 5.51. The third kappa shape index (κ3) is 6.89. The van der Waals surface area contributed by atoms with Gasteiger partial charge < -0.3 is 19.7 Å². The third-order valence-corrected chi connectivity index (χ3v) is 6.92. The molecular weight excluding hydrogens is 517 g/mol. The molecule has 0 radical (unpaired) electrons. The molecule has 0 spiro atoms. The number of ether oxygens (including phenoxy) is 2. The summed E-state index contributed by atoms with van der Waals surface area (Å²) < 4.78 is 11.2. The fraction of sp³-hybridized carbons (Fsp3) is 0.259. The van der Waals surface area contributed by atoms with Crippen molar-refractivity contribution in [1.29, 1.82) is 0 Å². The van der Waals surface area contributed by atoms with Crippen molar-refractivity contribution in [2.24, 2.45) is 0 Å². The Kier molecular flexibility index (Phi) is 9.04. The SMILES string of the molecule is COc1cc(C(=S)N2CCN(Cc3ccccc3)CC2)ccc1OCC(=O)Nc1ccc(Cl)cc1Cl. The number of rotatable bonds is 8. The first-order valence-electron chi connectivity index (χ1n) is 11.5. The maximum absolute atomic E-state index is 12.3. The lowest BCUT2D eigenvalue weighted by Crippen LogP contribution is -2.48. The van der Waals surface area contributed by atoms with E-state index in [2.05, 4.69) is 39.4 Å². The monoisotopic (exact) mass is 543 g/mol. The second kappa shape index (κ2) is 12.4. The topological polar surface area (TPSA) is 54.0 Å². The van der Waals surface area contributed by atoms with E-state index in [0.29, 0.717) is 27.2 Å². The van der Waals surface area contributed by atoms with Gasteiger partial charge in [0.25, 0.3) is 5.91 Å². The van der Waals surface area contributed by atoms with Crippen molar-refractivity contribution in [1.82, 2.24) is 9.80 Å². The Morgan fingerprint density at radius 3 is 2.42 bits per heavy atom. The fourth-order valence-corrected chi connectivity index (χ4v) is 4.74. The zero-order valence-electron chi connectivity index (χ0n) is 19.9. The molecule has 1 amide bonds. The van der Waals surface area contributed by atoms with Crippen LogP contribution in [-0.2, 0) is 11.3 Å². The number of amides is 1. The number of carbonyl (C=O) groups is 1. The van der Waals surface area contributed by atoms with Gasteiger partial charge in [0.15, 0.2) is 18.1 Å². The van der Waals surface area contributed by atoms with Crippen LogP contribution in [0.3, 0.4) is 0 Å². The highest BCUT2D eigenvalue weighted by Crippen LogP contribution is 2.30. The van der Waals surface area contributed by atoms with Crippen LogP contribution in [0.25, 0.3) is 0 Å². The molecule has 1 N–H and O–H groups in total. The molecule has 0 atom stereocenters. The minimum Gasteiger partial charge on any atom is -0.493 e. The number of hydrogen-bond acceptors (Lipinski definition) is 5. The van der Waals surface area contributed by atoms with E-state index in [9.17, 15) is 4.79 Å². The van der Waals surface area contributed by atoms with Gasteiger partial charge in [0, 0.05) is 43.3 Å². The zero-order chi connectivity index (χ0) is 25.5. The lowest BCUT2D eigenvalue weighted by atomic mass is 10.1. The third-order valence-electron chi connectivity index (χ3n) is 5.88. The van der Waals surface area contributed by atoms with Crippen molar-refractivity contribution in [2.75, 3.05) is 45.2 Å². The highest BCUT2D eigenvalue weighted by molar-refractivity contribution is 7.80. The van der Waals surface area contributed by atoms with Crippen LogP contribution in [0.1, 0.15) is 11.1 Å². The van der Waals surface area contributed by atoms with Gasteiger partial charge in [0.1, 0.15) is 4.99 Å². The van der Waals surface area contributed by atoms with E-state index in [-0.39, 0.29) is 12.5 Å². The summed E-state index contributed by atoms with van der Waals surface area (Å²) >= 11 is 17.8. The molecule has 1 fully saturated rings. The van der Waals surface area contributed by atoms with Crippen LogP contribution in [-0.4, -0.2) is 60.6 Å².